The maximum atomic E-state index is 12.2. The average Bonchev–Trinajstić information content (AvgIpc) is 2.70. The van der Waals surface area contributed by atoms with E-state index >= 15 is 0 Å². The molecule has 0 spiro atoms. The summed E-state index contributed by atoms with van der Waals surface area (Å²) in [4.78, 5) is 23.3. The van der Waals surface area contributed by atoms with Gasteiger partial charge >= 0.3 is 5.97 Å². The molecule has 2 rings (SSSR count). The molecule has 1 saturated carbocycles. The van der Waals surface area contributed by atoms with Gasteiger partial charge in [0, 0.05) is 18.8 Å². The molecule has 1 heterocycles. The number of carboxylic acid groups (broad SMARTS) is 1. The van der Waals surface area contributed by atoms with Crippen LogP contribution in [0.1, 0.15) is 41.7 Å². The summed E-state index contributed by atoms with van der Waals surface area (Å²) in [6.07, 6.45) is 4.74. The number of carbonyl (C=O) groups is 2. The summed E-state index contributed by atoms with van der Waals surface area (Å²) in [5.41, 5.74) is 1.29. The third kappa shape index (κ3) is 2.77. The van der Waals surface area contributed by atoms with E-state index in [1.54, 1.807) is 11.7 Å². The van der Waals surface area contributed by atoms with Crippen LogP contribution in [0, 0.1) is 12.8 Å². The van der Waals surface area contributed by atoms with Crippen molar-refractivity contribution in [2.24, 2.45) is 13.0 Å². The summed E-state index contributed by atoms with van der Waals surface area (Å²) >= 11 is 0. The molecule has 0 aromatic carbocycles. The third-order valence-corrected chi connectivity index (χ3v) is 3.88. The summed E-state index contributed by atoms with van der Waals surface area (Å²) in [6.45, 7) is 1.82. The number of hydrogen-bond acceptors (Lipinski definition) is 3. The fraction of sp³-hybridized carbons (Fsp3) is 0.615. The number of carboxylic acids is 1. The Kier molecular flexibility index (Phi) is 3.87. The van der Waals surface area contributed by atoms with Crippen LogP contribution in [-0.2, 0) is 11.8 Å². The van der Waals surface area contributed by atoms with Crippen molar-refractivity contribution in [1.29, 1.82) is 0 Å². The number of nitrogens with one attached hydrogen (secondary N) is 1. The van der Waals surface area contributed by atoms with E-state index in [0.29, 0.717) is 12.0 Å². The molecule has 104 valence electrons. The Balaban J connectivity index is 2.09. The maximum Gasteiger partial charge on any atom is 0.308 e. The third-order valence-electron chi connectivity index (χ3n) is 3.88. The van der Waals surface area contributed by atoms with E-state index in [9.17, 15) is 14.7 Å². The Morgan fingerprint density at radius 1 is 1.42 bits per heavy atom. The predicted molar refractivity (Wildman–Crippen MR) is 68.8 cm³/mol. The second-order valence-corrected chi connectivity index (χ2v) is 5.08. The molecule has 19 heavy (non-hydrogen) atoms. The van der Waals surface area contributed by atoms with Crippen molar-refractivity contribution < 1.29 is 14.7 Å². The van der Waals surface area contributed by atoms with Crippen molar-refractivity contribution in [3.05, 3.63) is 17.5 Å². The molecule has 0 bridgehead atoms. The lowest BCUT2D eigenvalue weighted by Crippen LogP contribution is -2.45. The van der Waals surface area contributed by atoms with Crippen molar-refractivity contribution in [3.8, 4) is 0 Å². The van der Waals surface area contributed by atoms with Crippen LogP contribution in [0.4, 0.5) is 0 Å². The molecule has 1 amide bonds. The van der Waals surface area contributed by atoms with Gasteiger partial charge in [-0.1, -0.05) is 12.8 Å². The Morgan fingerprint density at radius 2 is 2.11 bits per heavy atom. The number of aromatic nitrogens is 2. The molecule has 0 radical (unpaired) electrons. The first kappa shape index (κ1) is 13.6. The van der Waals surface area contributed by atoms with E-state index in [-0.39, 0.29) is 11.9 Å². The number of amides is 1. The minimum absolute atomic E-state index is 0.233. The van der Waals surface area contributed by atoms with E-state index in [0.717, 1.165) is 25.0 Å². The summed E-state index contributed by atoms with van der Waals surface area (Å²) in [5, 5.41) is 16.1. The van der Waals surface area contributed by atoms with Crippen LogP contribution >= 0.6 is 0 Å². The largest absolute Gasteiger partial charge is 0.481 e. The molecular weight excluding hydrogens is 246 g/mol. The van der Waals surface area contributed by atoms with Crippen molar-refractivity contribution >= 4 is 11.9 Å². The fourth-order valence-electron chi connectivity index (χ4n) is 2.57. The second kappa shape index (κ2) is 5.42. The smallest absolute Gasteiger partial charge is 0.308 e. The molecule has 1 aliphatic rings. The first-order valence-electron chi connectivity index (χ1n) is 6.53. The zero-order valence-corrected chi connectivity index (χ0v) is 11.2. The standard InChI is InChI=1S/C13H19N3O3/c1-8-10(7-14-16(8)2)12(17)15-11-6-4-3-5-9(11)13(18)19/h7,9,11H,3-6H2,1-2H3,(H,15,17)(H,18,19). The minimum atomic E-state index is -0.826. The average molecular weight is 265 g/mol. The molecule has 1 aromatic rings. The van der Waals surface area contributed by atoms with Crippen LogP contribution in [-0.4, -0.2) is 32.8 Å². The monoisotopic (exact) mass is 265 g/mol. The van der Waals surface area contributed by atoms with Crippen LogP contribution < -0.4 is 5.32 Å². The fourth-order valence-corrected chi connectivity index (χ4v) is 2.57. The van der Waals surface area contributed by atoms with E-state index < -0.39 is 11.9 Å². The van der Waals surface area contributed by atoms with Crippen molar-refractivity contribution in [2.45, 2.75) is 38.6 Å². The lowest BCUT2D eigenvalue weighted by molar-refractivity contribution is -0.143. The predicted octanol–water partition coefficient (Wildman–Crippen LogP) is 1.10. The number of hydrogen-bond donors (Lipinski definition) is 2. The lowest BCUT2D eigenvalue weighted by atomic mass is 9.84. The van der Waals surface area contributed by atoms with Crippen LogP contribution in [0.15, 0.2) is 6.20 Å². The molecule has 0 aliphatic heterocycles. The maximum absolute atomic E-state index is 12.2. The van der Waals surface area contributed by atoms with Crippen molar-refractivity contribution in [3.63, 3.8) is 0 Å². The number of aryl methyl sites for hydroxylation is 1. The molecule has 2 N–H and O–H groups in total. The van der Waals surface area contributed by atoms with Crippen LogP contribution in [0.5, 0.6) is 0 Å². The molecular formula is C13H19N3O3. The molecule has 2 unspecified atom stereocenters. The van der Waals surface area contributed by atoms with Gasteiger partial charge in [-0.2, -0.15) is 5.10 Å². The number of rotatable bonds is 3. The first-order chi connectivity index (χ1) is 9.00. The Hall–Kier alpha value is -1.85. The van der Waals surface area contributed by atoms with Crippen LogP contribution in [0.3, 0.4) is 0 Å². The number of carbonyl (C=O) groups excluding carboxylic acids is 1. The van der Waals surface area contributed by atoms with Gasteiger partial charge in [0.2, 0.25) is 0 Å². The van der Waals surface area contributed by atoms with Gasteiger partial charge in [0.1, 0.15) is 0 Å². The van der Waals surface area contributed by atoms with Crippen LogP contribution in [0.25, 0.3) is 0 Å². The van der Waals surface area contributed by atoms with Gasteiger partial charge in [-0.25, -0.2) is 0 Å². The van der Waals surface area contributed by atoms with Gasteiger partial charge in [-0.05, 0) is 19.8 Å². The van der Waals surface area contributed by atoms with Crippen LogP contribution in [0.2, 0.25) is 0 Å². The van der Waals surface area contributed by atoms with Gasteiger partial charge in [-0.3, -0.25) is 14.3 Å². The van der Waals surface area contributed by atoms with E-state index in [4.69, 9.17) is 0 Å². The van der Waals surface area contributed by atoms with E-state index in [1.807, 2.05) is 6.92 Å². The quantitative estimate of drug-likeness (QED) is 0.857. The topological polar surface area (TPSA) is 84.2 Å². The lowest BCUT2D eigenvalue weighted by Gasteiger charge is -2.29. The summed E-state index contributed by atoms with van der Waals surface area (Å²) in [7, 11) is 1.77. The molecule has 0 saturated heterocycles. The first-order valence-corrected chi connectivity index (χ1v) is 6.53. The second-order valence-electron chi connectivity index (χ2n) is 5.08. The van der Waals surface area contributed by atoms with E-state index in [1.165, 1.54) is 6.20 Å². The molecule has 1 aromatic heterocycles. The highest BCUT2D eigenvalue weighted by Crippen LogP contribution is 2.25. The normalized spacial score (nSPS) is 23.1. The summed E-state index contributed by atoms with van der Waals surface area (Å²) < 4.78 is 1.63. The molecule has 6 nitrogen and oxygen atoms in total. The number of aliphatic carboxylic acids is 1. The van der Waals surface area contributed by atoms with Gasteiger partial charge < -0.3 is 10.4 Å². The Morgan fingerprint density at radius 3 is 2.68 bits per heavy atom. The molecule has 1 aliphatic carbocycles. The van der Waals surface area contributed by atoms with E-state index in [2.05, 4.69) is 10.4 Å². The zero-order chi connectivity index (χ0) is 14.0. The zero-order valence-electron chi connectivity index (χ0n) is 11.2. The van der Waals surface area contributed by atoms with Gasteiger partial charge in [0.15, 0.2) is 0 Å². The Labute approximate surface area is 111 Å². The van der Waals surface area contributed by atoms with Crippen molar-refractivity contribution in [2.75, 3.05) is 0 Å². The summed E-state index contributed by atoms with van der Waals surface area (Å²) in [5.74, 6) is -1.54. The highest BCUT2D eigenvalue weighted by atomic mass is 16.4. The Bertz CT molecular complexity index is 495. The minimum Gasteiger partial charge on any atom is -0.481 e. The highest BCUT2D eigenvalue weighted by Gasteiger charge is 2.32. The van der Waals surface area contributed by atoms with Gasteiger partial charge in [0.25, 0.3) is 5.91 Å². The van der Waals surface area contributed by atoms with Gasteiger partial charge in [-0.15, -0.1) is 0 Å². The molecule has 2 atom stereocenters. The number of nitrogens with zero attached hydrogens (tertiary/aromatic N) is 2. The van der Waals surface area contributed by atoms with Gasteiger partial charge in [0.05, 0.1) is 17.7 Å². The SMILES string of the molecule is Cc1c(C(=O)NC2CCCCC2C(=O)O)cnn1C. The summed E-state index contributed by atoms with van der Waals surface area (Å²) in [6, 6.07) is -0.279. The van der Waals surface area contributed by atoms with Crippen molar-refractivity contribution in [1.82, 2.24) is 15.1 Å². The highest BCUT2D eigenvalue weighted by molar-refractivity contribution is 5.95. The molecule has 6 heteroatoms. The molecule has 1 fully saturated rings.